The number of nitrogens with zero attached hydrogens (tertiary/aromatic N) is 4. The van der Waals surface area contributed by atoms with Gasteiger partial charge in [0.25, 0.3) is 0 Å². The van der Waals surface area contributed by atoms with Gasteiger partial charge in [-0.05, 0) is 80.8 Å². The number of carbonyl (C=O) groups is 1. The topological polar surface area (TPSA) is 84.9 Å². The molecule has 7 heteroatoms. The molecule has 0 spiro atoms. The van der Waals surface area contributed by atoms with Crippen molar-refractivity contribution in [2.75, 3.05) is 5.32 Å². The summed E-state index contributed by atoms with van der Waals surface area (Å²) in [6, 6.07) is 16.7. The number of hydrogen-bond acceptors (Lipinski definition) is 4. The summed E-state index contributed by atoms with van der Waals surface area (Å²) in [5.41, 5.74) is 5.33. The Bertz CT molecular complexity index is 1420. The summed E-state index contributed by atoms with van der Waals surface area (Å²) in [7, 11) is 0. The molecule has 2 aromatic heterocycles. The predicted molar refractivity (Wildman–Crippen MR) is 134 cm³/mol. The first kappa shape index (κ1) is 21.5. The van der Waals surface area contributed by atoms with E-state index in [9.17, 15) is 10.1 Å². The molecule has 2 aliphatic rings. The number of imidazole rings is 1. The smallest absolute Gasteiger partial charge is 0.411 e. The Morgan fingerprint density at radius 3 is 2.60 bits per heavy atom. The van der Waals surface area contributed by atoms with Gasteiger partial charge in [-0.15, -0.1) is 0 Å². The number of benzene rings is 2. The Hall–Kier alpha value is -4.05. The molecule has 0 aliphatic heterocycles. The lowest BCUT2D eigenvalue weighted by Gasteiger charge is -2.30. The third-order valence-corrected chi connectivity index (χ3v) is 7.33. The van der Waals surface area contributed by atoms with Gasteiger partial charge in [0, 0.05) is 35.2 Å². The van der Waals surface area contributed by atoms with Gasteiger partial charge in [-0.1, -0.05) is 12.1 Å². The van der Waals surface area contributed by atoms with E-state index >= 15 is 0 Å². The van der Waals surface area contributed by atoms with Crippen LogP contribution in [-0.2, 0) is 4.74 Å². The molecular weight excluding hydrogens is 438 g/mol. The number of amides is 1. The van der Waals surface area contributed by atoms with E-state index in [1.807, 2.05) is 54.1 Å². The molecule has 1 atom stereocenters. The highest BCUT2D eigenvalue weighted by molar-refractivity contribution is 5.96. The van der Waals surface area contributed by atoms with E-state index in [2.05, 4.69) is 27.0 Å². The molecular formula is C28H27N5O2. The lowest BCUT2D eigenvalue weighted by molar-refractivity contribution is 0.108. The van der Waals surface area contributed by atoms with Gasteiger partial charge in [0.15, 0.2) is 0 Å². The average molecular weight is 466 g/mol. The quantitative estimate of drug-likeness (QED) is 0.355. The van der Waals surface area contributed by atoms with Crippen molar-refractivity contribution >= 4 is 22.7 Å². The van der Waals surface area contributed by atoms with Crippen molar-refractivity contribution in [1.29, 1.82) is 5.26 Å². The van der Waals surface area contributed by atoms with Gasteiger partial charge in [-0.25, -0.2) is 9.78 Å². The standard InChI is InChI=1S/C28H27N5O2/c1-18(19-5-6-19)35-28(34)31-21-9-7-20(8-10-21)27-25(16-29)24-12-11-23(32-14-13-30-17-32)15-26(24)33(27)22-3-2-4-22/h7-15,17-19,22H,2-6H2,1H3,(H,31,34)/t18-/m1/s1. The second-order valence-corrected chi connectivity index (χ2v) is 9.61. The zero-order valence-corrected chi connectivity index (χ0v) is 19.6. The minimum absolute atomic E-state index is 0.0575. The molecule has 0 bridgehead atoms. The number of anilines is 1. The van der Waals surface area contributed by atoms with Crippen molar-refractivity contribution in [3.8, 4) is 23.0 Å². The molecule has 0 saturated heterocycles. The normalized spacial score (nSPS) is 16.5. The van der Waals surface area contributed by atoms with Gasteiger partial charge >= 0.3 is 6.09 Å². The van der Waals surface area contributed by atoms with Crippen molar-refractivity contribution < 1.29 is 9.53 Å². The Balaban J connectivity index is 1.37. The zero-order valence-electron chi connectivity index (χ0n) is 19.6. The highest BCUT2D eigenvalue weighted by atomic mass is 16.6. The molecule has 1 N–H and O–H groups in total. The monoisotopic (exact) mass is 465 g/mol. The number of carbonyl (C=O) groups excluding carboxylic acids is 1. The van der Waals surface area contributed by atoms with Gasteiger partial charge in [-0.3, -0.25) is 5.32 Å². The number of nitriles is 1. The highest BCUT2D eigenvalue weighted by Crippen LogP contribution is 2.43. The summed E-state index contributed by atoms with van der Waals surface area (Å²) in [4.78, 5) is 16.4. The van der Waals surface area contributed by atoms with Crippen LogP contribution in [0.15, 0.2) is 61.2 Å². The van der Waals surface area contributed by atoms with Crippen LogP contribution in [0.2, 0.25) is 0 Å². The molecule has 2 heterocycles. The fraction of sp³-hybridized carbons (Fsp3) is 0.321. The van der Waals surface area contributed by atoms with Crippen LogP contribution in [-0.4, -0.2) is 26.3 Å². The number of rotatable bonds is 6. The largest absolute Gasteiger partial charge is 0.446 e. The summed E-state index contributed by atoms with van der Waals surface area (Å²) in [5.74, 6) is 0.496. The average Bonchev–Trinajstić information content (AvgIpc) is 3.45. The number of fused-ring (bicyclic) bond motifs is 1. The van der Waals surface area contributed by atoms with Gasteiger partial charge in [0.05, 0.1) is 23.1 Å². The Kier molecular flexibility index (Phi) is 5.29. The van der Waals surface area contributed by atoms with Gasteiger partial charge in [0.2, 0.25) is 0 Å². The van der Waals surface area contributed by atoms with Crippen LogP contribution in [0.1, 0.15) is 50.6 Å². The minimum atomic E-state index is -0.425. The highest BCUT2D eigenvalue weighted by Gasteiger charge is 2.31. The molecule has 2 aliphatic carbocycles. The number of aromatic nitrogens is 3. The second kappa shape index (κ2) is 8.62. The molecule has 1 amide bonds. The molecule has 6 rings (SSSR count). The molecule has 0 radical (unpaired) electrons. The maximum Gasteiger partial charge on any atom is 0.411 e. The summed E-state index contributed by atoms with van der Waals surface area (Å²) in [6.45, 7) is 1.95. The molecule has 2 aromatic carbocycles. The predicted octanol–water partition coefficient (Wildman–Crippen LogP) is 6.44. The third kappa shape index (κ3) is 3.95. The van der Waals surface area contributed by atoms with Crippen LogP contribution in [0.25, 0.3) is 27.8 Å². The van der Waals surface area contributed by atoms with Crippen molar-refractivity contribution in [3.05, 3.63) is 66.7 Å². The zero-order chi connectivity index (χ0) is 23.9. The van der Waals surface area contributed by atoms with E-state index < -0.39 is 6.09 Å². The molecule has 4 aromatic rings. The maximum atomic E-state index is 12.3. The number of hydrogen-bond donors (Lipinski definition) is 1. The van der Waals surface area contributed by atoms with Crippen molar-refractivity contribution in [2.45, 2.75) is 51.2 Å². The van der Waals surface area contributed by atoms with Crippen molar-refractivity contribution in [2.24, 2.45) is 5.92 Å². The van der Waals surface area contributed by atoms with Crippen molar-refractivity contribution in [3.63, 3.8) is 0 Å². The van der Waals surface area contributed by atoms with E-state index in [1.165, 1.54) is 6.42 Å². The maximum absolute atomic E-state index is 12.3. The first-order chi connectivity index (χ1) is 17.1. The Labute approximate surface area is 204 Å². The van der Waals surface area contributed by atoms with Crippen LogP contribution < -0.4 is 5.32 Å². The molecule has 176 valence electrons. The number of nitrogens with one attached hydrogen (secondary N) is 1. The van der Waals surface area contributed by atoms with Gasteiger partial charge in [-0.2, -0.15) is 5.26 Å². The van der Waals surface area contributed by atoms with Crippen LogP contribution in [0.3, 0.4) is 0 Å². The second-order valence-electron chi connectivity index (χ2n) is 9.61. The van der Waals surface area contributed by atoms with Crippen LogP contribution in [0, 0.1) is 17.2 Å². The van der Waals surface area contributed by atoms with Crippen molar-refractivity contribution in [1.82, 2.24) is 14.1 Å². The molecule has 7 nitrogen and oxygen atoms in total. The molecule has 2 fully saturated rings. The molecule has 2 saturated carbocycles. The summed E-state index contributed by atoms with van der Waals surface area (Å²) in [6.07, 6.45) is 10.6. The lowest BCUT2D eigenvalue weighted by Crippen LogP contribution is -2.21. The van der Waals surface area contributed by atoms with E-state index in [1.54, 1.807) is 12.5 Å². The summed E-state index contributed by atoms with van der Waals surface area (Å²) in [5, 5.41) is 14.0. The fourth-order valence-corrected chi connectivity index (χ4v) is 4.98. The SMILES string of the molecule is C[C@@H](OC(=O)Nc1ccc(-c2c(C#N)c3ccc(-n4ccnc4)cc3n2C2CCC2)cc1)C1CC1. The van der Waals surface area contributed by atoms with E-state index in [4.69, 9.17) is 4.74 Å². The van der Waals surface area contributed by atoms with E-state index in [-0.39, 0.29) is 6.10 Å². The minimum Gasteiger partial charge on any atom is -0.446 e. The Morgan fingerprint density at radius 2 is 1.97 bits per heavy atom. The van der Waals surface area contributed by atoms with Crippen LogP contribution in [0.4, 0.5) is 10.5 Å². The first-order valence-corrected chi connectivity index (χ1v) is 12.3. The van der Waals surface area contributed by atoms with Gasteiger partial charge < -0.3 is 13.9 Å². The van der Waals surface area contributed by atoms with Gasteiger partial charge in [0.1, 0.15) is 12.2 Å². The first-order valence-electron chi connectivity index (χ1n) is 12.3. The Morgan fingerprint density at radius 1 is 1.17 bits per heavy atom. The summed E-state index contributed by atoms with van der Waals surface area (Å²) >= 11 is 0. The molecule has 0 unspecified atom stereocenters. The number of ether oxygens (including phenoxy) is 1. The fourth-order valence-electron chi connectivity index (χ4n) is 4.98. The van der Waals surface area contributed by atoms with E-state index in [0.29, 0.717) is 23.2 Å². The molecule has 35 heavy (non-hydrogen) atoms. The lowest BCUT2D eigenvalue weighted by atomic mass is 9.92. The van der Waals surface area contributed by atoms with Crippen LogP contribution >= 0.6 is 0 Å². The van der Waals surface area contributed by atoms with Crippen LogP contribution in [0.5, 0.6) is 0 Å². The third-order valence-electron chi connectivity index (χ3n) is 7.33. The summed E-state index contributed by atoms with van der Waals surface area (Å²) < 4.78 is 9.80. The van der Waals surface area contributed by atoms with E-state index in [0.717, 1.165) is 53.5 Å².